The lowest BCUT2D eigenvalue weighted by atomic mass is 9.79. The zero-order valence-corrected chi connectivity index (χ0v) is 11.8. The molecular formula is C13H17BrN2O2. The van der Waals surface area contributed by atoms with Crippen molar-refractivity contribution >= 4 is 27.6 Å². The molecule has 0 radical (unpaired) electrons. The Labute approximate surface area is 115 Å². The quantitative estimate of drug-likeness (QED) is 0.801. The van der Waals surface area contributed by atoms with Crippen LogP contribution in [0, 0.1) is 5.92 Å². The molecule has 1 fully saturated rings. The maximum atomic E-state index is 11.7. The summed E-state index contributed by atoms with van der Waals surface area (Å²) in [5.74, 6) is -0.744. The van der Waals surface area contributed by atoms with Crippen molar-refractivity contribution < 1.29 is 9.90 Å². The van der Waals surface area contributed by atoms with Gasteiger partial charge in [0.2, 0.25) is 0 Å². The number of anilines is 1. The molecule has 3 N–H and O–H groups in total. The maximum absolute atomic E-state index is 11.7. The Balaban J connectivity index is 2.25. The monoisotopic (exact) mass is 312 g/mol. The van der Waals surface area contributed by atoms with Crippen molar-refractivity contribution in [3.8, 4) is 0 Å². The number of piperidine rings is 1. The Kier molecular flexibility index (Phi) is 3.92. The summed E-state index contributed by atoms with van der Waals surface area (Å²) in [6, 6.07) is 7.60. The molecule has 4 nitrogen and oxygen atoms in total. The summed E-state index contributed by atoms with van der Waals surface area (Å²) < 4.78 is 0.982. The topological polar surface area (TPSA) is 61.4 Å². The van der Waals surface area contributed by atoms with Crippen molar-refractivity contribution in [3.63, 3.8) is 0 Å². The lowest BCUT2D eigenvalue weighted by Gasteiger charge is -2.40. The highest BCUT2D eigenvalue weighted by Crippen LogP contribution is 2.29. The maximum Gasteiger partial charge on any atom is 0.329 e. The number of benzene rings is 1. The first kappa shape index (κ1) is 13.4. The fourth-order valence-corrected chi connectivity index (χ4v) is 2.64. The first-order valence-electron chi connectivity index (χ1n) is 6.02. The van der Waals surface area contributed by atoms with Crippen molar-refractivity contribution in [1.82, 2.24) is 5.32 Å². The molecule has 1 saturated heterocycles. The van der Waals surface area contributed by atoms with E-state index in [1.54, 1.807) is 0 Å². The van der Waals surface area contributed by atoms with Gasteiger partial charge < -0.3 is 15.7 Å². The van der Waals surface area contributed by atoms with Crippen LogP contribution < -0.4 is 10.6 Å². The van der Waals surface area contributed by atoms with E-state index in [0.717, 1.165) is 23.2 Å². The van der Waals surface area contributed by atoms with E-state index in [1.165, 1.54) is 0 Å². The molecule has 0 bridgehead atoms. The van der Waals surface area contributed by atoms with Gasteiger partial charge in [0.25, 0.3) is 0 Å². The summed E-state index contributed by atoms with van der Waals surface area (Å²) in [4.78, 5) is 11.7. The van der Waals surface area contributed by atoms with Gasteiger partial charge in [-0.25, -0.2) is 4.79 Å². The third kappa shape index (κ3) is 2.52. The second kappa shape index (κ2) is 5.28. The molecule has 1 aromatic carbocycles. The van der Waals surface area contributed by atoms with Crippen molar-refractivity contribution in [2.45, 2.75) is 18.9 Å². The third-order valence-corrected chi connectivity index (χ3v) is 4.11. The van der Waals surface area contributed by atoms with E-state index in [4.69, 9.17) is 0 Å². The average Bonchev–Trinajstić information content (AvgIpc) is 2.35. The van der Waals surface area contributed by atoms with Crippen LogP contribution in [-0.4, -0.2) is 29.7 Å². The van der Waals surface area contributed by atoms with Crippen LogP contribution in [0.2, 0.25) is 0 Å². The van der Waals surface area contributed by atoms with Gasteiger partial charge in [-0.05, 0) is 37.2 Å². The van der Waals surface area contributed by atoms with E-state index in [0.29, 0.717) is 6.42 Å². The fourth-order valence-electron chi connectivity index (χ4n) is 2.37. The Morgan fingerprint density at radius 3 is 2.72 bits per heavy atom. The summed E-state index contributed by atoms with van der Waals surface area (Å²) >= 11 is 3.37. The van der Waals surface area contributed by atoms with Crippen LogP contribution in [0.3, 0.4) is 0 Å². The number of halogens is 1. The van der Waals surface area contributed by atoms with Crippen LogP contribution in [0.1, 0.15) is 13.3 Å². The lowest BCUT2D eigenvalue weighted by molar-refractivity contribution is -0.145. The molecular weight excluding hydrogens is 296 g/mol. The number of rotatable bonds is 3. The zero-order chi connectivity index (χ0) is 13.2. The number of carboxylic acids is 1. The highest BCUT2D eigenvalue weighted by molar-refractivity contribution is 9.10. The molecule has 1 aromatic rings. The number of hydrogen-bond acceptors (Lipinski definition) is 3. The standard InChI is InChI=1S/C13H17BrN2O2/c1-9-8-15-7-6-13(9,12(17)18)16-11-4-2-10(14)3-5-11/h2-5,9,15-16H,6-8H2,1H3,(H,17,18). The Morgan fingerprint density at radius 1 is 1.50 bits per heavy atom. The van der Waals surface area contributed by atoms with E-state index in [2.05, 4.69) is 26.6 Å². The lowest BCUT2D eigenvalue weighted by Crippen LogP contribution is -2.59. The smallest absolute Gasteiger partial charge is 0.329 e. The second-order valence-electron chi connectivity index (χ2n) is 4.76. The highest BCUT2D eigenvalue weighted by atomic mass is 79.9. The summed E-state index contributed by atoms with van der Waals surface area (Å²) in [5.41, 5.74) is -0.0339. The molecule has 1 aliphatic rings. The minimum atomic E-state index is -0.876. The number of carbonyl (C=O) groups is 1. The van der Waals surface area contributed by atoms with Crippen LogP contribution >= 0.6 is 15.9 Å². The second-order valence-corrected chi connectivity index (χ2v) is 5.68. The van der Waals surface area contributed by atoms with Gasteiger partial charge in [0, 0.05) is 22.6 Å². The van der Waals surface area contributed by atoms with Gasteiger partial charge in [-0.1, -0.05) is 22.9 Å². The van der Waals surface area contributed by atoms with Crippen molar-refractivity contribution in [2.75, 3.05) is 18.4 Å². The van der Waals surface area contributed by atoms with Gasteiger partial charge in [0.1, 0.15) is 5.54 Å². The largest absolute Gasteiger partial charge is 0.479 e. The van der Waals surface area contributed by atoms with Crippen molar-refractivity contribution in [1.29, 1.82) is 0 Å². The van der Waals surface area contributed by atoms with Crippen LogP contribution in [-0.2, 0) is 4.79 Å². The minimum absolute atomic E-state index is 0.0346. The van der Waals surface area contributed by atoms with E-state index in [-0.39, 0.29) is 5.92 Å². The number of carboxylic acid groups (broad SMARTS) is 1. The molecule has 2 rings (SSSR count). The van der Waals surface area contributed by atoms with E-state index in [9.17, 15) is 9.90 Å². The van der Waals surface area contributed by atoms with Crippen molar-refractivity contribution in [3.05, 3.63) is 28.7 Å². The van der Waals surface area contributed by atoms with E-state index < -0.39 is 11.5 Å². The summed E-state index contributed by atoms with van der Waals surface area (Å²) in [5, 5.41) is 16.0. The molecule has 98 valence electrons. The Morgan fingerprint density at radius 2 is 2.17 bits per heavy atom. The minimum Gasteiger partial charge on any atom is -0.479 e. The average molecular weight is 313 g/mol. The number of hydrogen-bond donors (Lipinski definition) is 3. The zero-order valence-electron chi connectivity index (χ0n) is 10.2. The summed E-state index contributed by atoms with van der Waals surface area (Å²) in [7, 11) is 0. The van der Waals surface area contributed by atoms with E-state index >= 15 is 0 Å². The third-order valence-electron chi connectivity index (χ3n) is 3.58. The predicted octanol–water partition coefficient (Wildman–Crippen LogP) is 2.31. The molecule has 2 unspecified atom stereocenters. The number of aliphatic carboxylic acids is 1. The molecule has 5 heteroatoms. The molecule has 0 amide bonds. The first-order chi connectivity index (χ1) is 8.54. The molecule has 0 aromatic heterocycles. The molecule has 0 spiro atoms. The Bertz CT molecular complexity index is 435. The van der Waals surface area contributed by atoms with Gasteiger partial charge in [-0.3, -0.25) is 0 Å². The summed E-state index contributed by atoms with van der Waals surface area (Å²) in [6.45, 7) is 3.40. The van der Waals surface area contributed by atoms with Gasteiger partial charge in [0.05, 0.1) is 0 Å². The van der Waals surface area contributed by atoms with Crippen LogP contribution in [0.4, 0.5) is 5.69 Å². The molecule has 0 saturated carbocycles. The van der Waals surface area contributed by atoms with Gasteiger partial charge >= 0.3 is 5.97 Å². The normalized spacial score (nSPS) is 27.8. The first-order valence-corrected chi connectivity index (χ1v) is 6.82. The molecule has 2 atom stereocenters. The molecule has 0 aliphatic carbocycles. The fraction of sp³-hybridized carbons (Fsp3) is 0.462. The highest BCUT2D eigenvalue weighted by Gasteiger charge is 2.45. The Hall–Kier alpha value is -1.07. The molecule has 1 heterocycles. The van der Waals surface area contributed by atoms with Gasteiger partial charge in [-0.2, -0.15) is 0 Å². The predicted molar refractivity (Wildman–Crippen MR) is 74.8 cm³/mol. The van der Waals surface area contributed by atoms with Crippen LogP contribution in [0.15, 0.2) is 28.7 Å². The molecule has 18 heavy (non-hydrogen) atoms. The van der Waals surface area contributed by atoms with Gasteiger partial charge in [0.15, 0.2) is 0 Å². The van der Waals surface area contributed by atoms with Crippen LogP contribution in [0.5, 0.6) is 0 Å². The van der Waals surface area contributed by atoms with Crippen LogP contribution in [0.25, 0.3) is 0 Å². The molecule has 1 aliphatic heterocycles. The van der Waals surface area contributed by atoms with Crippen molar-refractivity contribution in [2.24, 2.45) is 5.92 Å². The van der Waals surface area contributed by atoms with E-state index in [1.807, 2.05) is 31.2 Å². The van der Waals surface area contributed by atoms with Gasteiger partial charge in [-0.15, -0.1) is 0 Å². The summed E-state index contributed by atoms with van der Waals surface area (Å²) in [6.07, 6.45) is 0.583. The SMILES string of the molecule is CC1CNCCC1(Nc1ccc(Br)cc1)C(=O)O. The number of nitrogens with one attached hydrogen (secondary N) is 2.